The largest absolute Gasteiger partial charge is 0.383 e. The minimum atomic E-state index is -1.00. The molecule has 0 bridgehead atoms. The number of aliphatic hydroxyl groups is 1. The maximum Gasteiger partial charge on any atom is 0.220 e. The number of hydrogen-bond acceptors (Lipinski definition) is 5. The number of aromatic nitrogens is 1. The summed E-state index contributed by atoms with van der Waals surface area (Å²) in [5.74, 6) is -0.0289. The van der Waals surface area contributed by atoms with E-state index in [0.717, 1.165) is 28.4 Å². The zero-order valence-corrected chi connectivity index (χ0v) is 13.9. The zero-order valence-electron chi connectivity index (χ0n) is 12.3. The van der Waals surface area contributed by atoms with E-state index in [0.29, 0.717) is 6.42 Å². The first kappa shape index (κ1) is 16.1. The fourth-order valence-electron chi connectivity index (χ4n) is 1.98. The first-order valence-corrected chi connectivity index (χ1v) is 8.67. The molecular weight excluding hydrogens is 304 g/mol. The highest BCUT2D eigenvalue weighted by Crippen LogP contribution is 2.24. The summed E-state index contributed by atoms with van der Waals surface area (Å²) in [6, 6.07) is 3.77. The molecule has 2 aromatic rings. The van der Waals surface area contributed by atoms with Gasteiger partial charge < -0.3 is 10.4 Å². The summed E-state index contributed by atoms with van der Waals surface area (Å²) in [7, 11) is 0. The topological polar surface area (TPSA) is 62.2 Å². The molecule has 0 aliphatic carbocycles. The summed E-state index contributed by atoms with van der Waals surface area (Å²) in [4.78, 5) is 17.1. The summed E-state index contributed by atoms with van der Waals surface area (Å²) in [5.41, 5.74) is 0.0476. The highest BCUT2D eigenvalue weighted by atomic mass is 32.1. The quantitative estimate of drug-likeness (QED) is 0.823. The monoisotopic (exact) mass is 324 g/mol. The summed E-state index contributed by atoms with van der Waals surface area (Å²) in [6.07, 6.45) is 2.05. The Labute approximate surface area is 132 Å². The number of carbonyl (C=O) groups is 1. The van der Waals surface area contributed by atoms with Gasteiger partial charge in [0.2, 0.25) is 5.91 Å². The van der Waals surface area contributed by atoms with Gasteiger partial charge in [0, 0.05) is 16.7 Å². The lowest BCUT2D eigenvalue weighted by atomic mass is 10.1. The number of thiophene rings is 1. The van der Waals surface area contributed by atoms with Crippen molar-refractivity contribution in [2.24, 2.45) is 0 Å². The van der Waals surface area contributed by atoms with Crippen molar-refractivity contribution in [1.82, 2.24) is 10.3 Å². The SMILES string of the molecule is Cc1nc(CCCC(=O)NCC(C)(O)c2cccs2)cs1. The number of nitrogens with one attached hydrogen (secondary N) is 1. The van der Waals surface area contributed by atoms with Crippen LogP contribution in [0.5, 0.6) is 0 Å². The van der Waals surface area contributed by atoms with Gasteiger partial charge in [0.1, 0.15) is 5.60 Å². The van der Waals surface area contributed by atoms with Gasteiger partial charge in [-0.05, 0) is 38.1 Å². The third kappa shape index (κ3) is 4.91. The molecule has 0 spiro atoms. The smallest absolute Gasteiger partial charge is 0.220 e. The van der Waals surface area contributed by atoms with Crippen molar-refractivity contribution in [3.05, 3.63) is 38.5 Å². The number of hydrogen-bond donors (Lipinski definition) is 2. The molecule has 1 unspecified atom stereocenters. The van der Waals surface area contributed by atoms with E-state index in [-0.39, 0.29) is 12.5 Å². The van der Waals surface area contributed by atoms with E-state index in [9.17, 15) is 9.90 Å². The fourth-order valence-corrected chi connectivity index (χ4v) is 3.42. The molecule has 1 amide bonds. The Morgan fingerprint density at radius 1 is 1.48 bits per heavy atom. The Hall–Kier alpha value is -1.24. The van der Waals surface area contributed by atoms with Gasteiger partial charge in [0.15, 0.2) is 0 Å². The Kier molecular flexibility index (Phi) is 5.50. The number of rotatable bonds is 7. The molecule has 0 radical (unpaired) electrons. The average molecular weight is 324 g/mol. The number of carbonyl (C=O) groups excluding carboxylic acids is 1. The van der Waals surface area contributed by atoms with Crippen molar-refractivity contribution < 1.29 is 9.90 Å². The first-order chi connectivity index (χ1) is 9.97. The van der Waals surface area contributed by atoms with Gasteiger partial charge in [-0.15, -0.1) is 22.7 Å². The van der Waals surface area contributed by atoms with Crippen molar-refractivity contribution >= 4 is 28.6 Å². The normalized spacial score (nSPS) is 13.9. The van der Waals surface area contributed by atoms with E-state index < -0.39 is 5.60 Å². The maximum atomic E-state index is 11.8. The summed E-state index contributed by atoms with van der Waals surface area (Å²) < 4.78 is 0. The second-order valence-corrected chi connectivity index (χ2v) is 7.25. The zero-order chi connectivity index (χ0) is 15.3. The van der Waals surface area contributed by atoms with Gasteiger partial charge in [0.25, 0.3) is 0 Å². The molecule has 2 aromatic heterocycles. The Balaban J connectivity index is 1.70. The van der Waals surface area contributed by atoms with Gasteiger partial charge in [0.05, 0.1) is 17.2 Å². The van der Waals surface area contributed by atoms with E-state index in [1.165, 1.54) is 11.3 Å². The van der Waals surface area contributed by atoms with Crippen LogP contribution in [0.3, 0.4) is 0 Å². The Morgan fingerprint density at radius 2 is 2.29 bits per heavy atom. The molecule has 2 heterocycles. The van der Waals surface area contributed by atoms with Crippen molar-refractivity contribution in [3.8, 4) is 0 Å². The maximum absolute atomic E-state index is 11.8. The van der Waals surface area contributed by atoms with Gasteiger partial charge in [-0.3, -0.25) is 4.79 Å². The summed E-state index contributed by atoms with van der Waals surface area (Å²) in [6.45, 7) is 3.94. The number of amides is 1. The predicted octanol–water partition coefficient (Wildman–Crippen LogP) is 2.86. The number of nitrogens with zero attached hydrogens (tertiary/aromatic N) is 1. The lowest BCUT2D eigenvalue weighted by Crippen LogP contribution is -2.38. The van der Waals surface area contributed by atoms with Crippen LogP contribution in [0, 0.1) is 6.92 Å². The fraction of sp³-hybridized carbons (Fsp3) is 0.467. The van der Waals surface area contributed by atoms with Crippen molar-refractivity contribution in [2.75, 3.05) is 6.54 Å². The number of thiazole rings is 1. The van der Waals surface area contributed by atoms with Crippen molar-refractivity contribution in [1.29, 1.82) is 0 Å². The summed E-state index contributed by atoms with van der Waals surface area (Å²) in [5, 5.41) is 18.1. The molecule has 0 aliphatic heterocycles. The molecule has 0 aromatic carbocycles. The van der Waals surface area contributed by atoms with Crippen LogP contribution in [0.2, 0.25) is 0 Å². The standard InChI is InChI=1S/C15H20N2O2S2/c1-11-17-12(9-21-11)5-3-7-14(18)16-10-15(2,19)13-6-4-8-20-13/h4,6,8-9,19H,3,5,7,10H2,1-2H3,(H,16,18). The molecule has 2 N–H and O–H groups in total. The molecule has 0 saturated heterocycles. The third-order valence-electron chi connectivity index (χ3n) is 3.19. The van der Waals surface area contributed by atoms with Crippen molar-refractivity contribution in [3.63, 3.8) is 0 Å². The second-order valence-electron chi connectivity index (χ2n) is 5.24. The Morgan fingerprint density at radius 3 is 2.90 bits per heavy atom. The lowest BCUT2D eigenvalue weighted by molar-refractivity contribution is -0.122. The van der Waals surface area contributed by atoms with Crippen molar-refractivity contribution in [2.45, 2.75) is 38.7 Å². The third-order valence-corrected chi connectivity index (χ3v) is 5.13. The van der Waals surface area contributed by atoms with Gasteiger partial charge in [-0.1, -0.05) is 6.07 Å². The minimum Gasteiger partial charge on any atom is -0.383 e. The van der Waals surface area contributed by atoms with E-state index in [4.69, 9.17) is 0 Å². The van der Waals surface area contributed by atoms with Crippen LogP contribution >= 0.6 is 22.7 Å². The minimum absolute atomic E-state index is 0.0289. The van der Waals surface area contributed by atoms with Crippen LogP contribution < -0.4 is 5.32 Å². The van der Waals surface area contributed by atoms with Gasteiger partial charge in [-0.2, -0.15) is 0 Å². The van der Waals surface area contributed by atoms with Crippen LogP contribution in [0.25, 0.3) is 0 Å². The molecule has 114 valence electrons. The molecule has 6 heteroatoms. The molecule has 21 heavy (non-hydrogen) atoms. The van der Waals surface area contributed by atoms with Gasteiger partial charge in [-0.25, -0.2) is 4.98 Å². The molecule has 0 aliphatic rings. The highest BCUT2D eigenvalue weighted by molar-refractivity contribution is 7.10. The number of aryl methyl sites for hydroxylation is 2. The Bertz CT molecular complexity index is 576. The van der Waals surface area contributed by atoms with E-state index in [1.807, 2.05) is 29.8 Å². The second kappa shape index (κ2) is 7.15. The first-order valence-electron chi connectivity index (χ1n) is 6.91. The molecular formula is C15H20N2O2S2. The van der Waals surface area contributed by atoms with E-state index in [1.54, 1.807) is 18.3 Å². The molecule has 1 atom stereocenters. The highest BCUT2D eigenvalue weighted by Gasteiger charge is 2.24. The van der Waals surface area contributed by atoms with E-state index >= 15 is 0 Å². The molecule has 0 fully saturated rings. The predicted molar refractivity (Wildman–Crippen MR) is 86.7 cm³/mol. The van der Waals surface area contributed by atoms with Crippen LogP contribution in [-0.2, 0) is 16.8 Å². The van der Waals surface area contributed by atoms with E-state index in [2.05, 4.69) is 10.3 Å². The average Bonchev–Trinajstić information content (AvgIpc) is 3.08. The van der Waals surface area contributed by atoms with Crippen LogP contribution in [-0.4, -0.2) is 22.5 Å². The summed E-state index contributed by atoms with van der Waals surface area (Å²) >= 11 is 3.12. The van der Waals surface area contributed by atoms with Gasteiger partial charge >= 0.3 is 0 Å². The van der Waals surface area contributed by atoms with Crippen LogP contribution in [0.15, 0.2) is 22.9 Å². The molecule has 4 nitrogen and oxygen atoms in total. The van der Waals surface area contributed by atoms with Crippen LogP contribution in [0.4, 0.5) is 0 Å². The molecule has 0 saturated carbocycles. The van der Waals surface area contributed by atoms with Crippen LogP contribution in [0.1, 0.15) is 35.3 Å². The lowest BCUT2D eigenvalue weighted by Gasteiger charge is -2.22. The molecule has 2 rings (SSSR count).